The maximum Gasteiger partial charge on any atom is 0.290 e. The summed E-state index contributed by atoms with van der Waals surface area (Å²) >= 11 is 0. The van der Waals surface area contributed by atoms with E-state index in [1.165, 1.54) is 12.1 Å². The van der Waals surface area contributed by atoms with Crippen LogP contribution in [0.25, 0.3) is 0 Å². The molecule has 1 aliphatic heterocycles. The molecule has 0 aliphatic carbocycles. The SMILES string of the molecule is CC(C)(C)Oc1ccc(O)c([C@H](N2CCNCC2)C(F)(F)CO)c1.Cl. The molecule has 0 bridgehead atoms. The Labute approximate surface area is 153 Å². The van der Waals surface area contributed by atoms with Crippen molar-refractivity contribution in [3.8, 4) is 11.5 Å². The molecule has 1 atom stereocenters. The van der Waals surface area contributed by atoms with E-state index in [0.29, 0.717) is 31.9 Å². The zero-order chi connectivity index (χ0) is 18.0. The van der Waals surface area contributed by atoms with Gasteiger partial charge in [-0.2, -0.15) is 0 Å². The minimum atomic E-state index is -3.38. The molecule has 1 aromatic carbocycles. The molecule has 0 unspecified atom stereocenters. The number of aliphatic hydroxyl groups is 1. The summed E-state index contributed by atoms with van der Waals surface area (Å²) in [4.78, 5) is 1.59. The predicted molar refractivity (Wildman–Crippen MR) is 95.0 cm³/mol. The summed E-state index contributed by atoms with van der Waals surface area (Å²) in [6, 6.07) is 2.94. The first-order valence-electron chi connectivity index (χ1n) is 8.09. The third-order valence-electron chi connectivity index (χ3n) is 3.85. The minimum absolute atomic E-state index is 0. The molecule has 8 heteroatoms. The number of aromatic hydroxyl groups is 1. The number of phenols is 1. The monoisotopic (exact) mass is 380 g/mol. The number of ether oxygens (including phenoxy) is 1. The second-order valence-corrected chi connectivity index (χ2v) is 7.04. The van der Waals surface area contributed by atoms with Crippen molar-refractivity contribution in [3.05, 3.63) is 23.8 Å². The fourth-order valence-electron chi connectivity index (χ4n) is 2.89. The largest absolute Gasteiger partial charge is 0.508 e. The summed E-state index contributed by atoms with van der Waals surface area (Å²) in [5.74, 6) is -3.20. The van der Waals surface area contributed by atoms with Crippen molar-refractivity contribution in [2.24, 2.45) is 0 Å². The van der Waals surface area contributed by atoms with Crippen molar-refractivity contribution in [1.29, 1.82) is 0 Å². The lowest BCUT2D eigenvalue weighted by atomic mass is 9.97. The lowest BCUT2D eigenvalue weighted by Gasteiger charge is -2.39. The zero-order valence-electron chi connectivity index (χ0n) is 14.8. The van der Waals surface area contributed by atoms with Gasteiger partial charge in [-0.25, -0.2) is 8.78 Å². The van der Waals surface area contributed by atoms with Crippen molar-refractivity contribution in [2.45, 2.75) is 38.3 Å². The fraction of sp³-hybridized carbons (Fsp3) is 0.647. The lowest BCUT2D eigenvalue weighted by Crippen LogP contribution is -2.51. The molecule has 0 spiro atoms. The first kappa shape index (κ1) is 21.9. The number of piperazine rings is 1. The second-order valence-electron chi connectivity index (χ2n) is 7.04. The summed E-state index contributed by atoms with van der Waals surface area (Å²) in [7, 11) is 0. The Hall–Kier alpha value is -1.15. The van der Waals surface area contributed by atoms with E-state index in [1.54, 1.807) is 11.0 Å². The first-order valence-corrected chi connectivity index (χ1v) is 8.09. The molecule has 2 rings (SSSR count). The summed E-state index contributed by atoms with van der Waals surface area (Å²) in [6.45, 7) is 6.26. The summed E-state index contributed by atoms with van der Waals surface area (Å²) in [5, 5.41) is 22.5. The van der Waals surface area contributed by atoms with Crippen LogP contribution in [-0.4, -0.2) is 59.4 Å². The summed E-state index contributed by atoms with van der Waals surface area (Å²) < 4.78 is 34.7. The molecular weight excluding hydrogens is 354 g/mol. The molecular formula is C17H27ClF2N2O3. The highest BCUT2D eigenvalue weighted by Crippen LogP contribution is 2.41. The third-order valence-corrected chi connectivity index (χ3v) is 3.85. The Morgan fingerprint density at radius 1 is 1.24 bits per heavy atom. The van der Waals surface area contributed by atoms with E-state index in [-0.39, 0.29) is 23.7 Å². The lowest BCUT2D eigenvalue weighted by molar-refractivity contribution is -0.119. The van der Waals surface area contributed by atoms with Gasteiger partial charge in [-0.15, -0.1) is 12.4 Å². The number of halogens is 3. The molecule has 0 radical (unpaired) electrons. The maximum atomic E-state index is 14.5. The van der Waals surface area contributed by atoms with E-state index < -0.39 is 24.2 Å². The van der Waals surface area contributed by atoms with Gasteiger partial charge in [0.15, 0.2) is 0 Å². The molecule has 5 nitrogen and oxygen atoms in total. The van der Waals surface area contributed by atoms with E-state index in [9.17, 15) is 19.0 Å². The topological polar surface area (TPSA) is 65.0 Å². The van der Waals surface area contributed by atoms with Gasteiger partial charge in [-0.05, 0) is 39.0 Å². The maximum absolute atomic E-state index is 14.5. The highest BCUT2D eigenvalue weighted by molar-refractivity contribution is 5.85. The van der Waals surface area contributed by atoms with Crippen LogP contribution < -0.4 is 10.1 Å². The summed E-state index contributed by atoms with van der Waals surface area (Å²) in [6.07, 6.45) is 0. The van der Waals surface area contributed by atoms with Crippen LogP contribution in [-0.2, 0) is 0 Å². The van der Waals surface area contributed by atoms with Crippen LogP contribution in [0.4, 0.5) is 8.78 Å². The van der Waals surface area contributed by atoms with Gasteiger partial charge < -0.3 is 20.3 Å². The zero-order valence-corrected chi connectivity index (χ0v) is 15.6. The van der Waals surface area contributed by atoms with Gasteiger partial charge >= 0.3 is 0 Å². The van der Waals surface area contributed by atoms with Crippen LogP contribution in [0.1, 0.15) is 32.4 Å². The molecule has 1 saturated heterocycles. The average Bonchev–Trinajstić information content (AvgIpc) is 2.50. The van der Waals surface area contributed by atoms with Gasteiger partial charge in [0.05, 0.1) is 0 Å². The van der Waals surface area contributed by atoms with Crippen LogP contribution in [0.5, 0.6) is 11.5 Å². The van der Waals surface area contributed by atoms with Crippen LogP contribution in [0.3, 0.4) is 0 Å². The number of aliphatic hydroxyl groups excluding tert-OH is 1. The van der Waals surface area contributed by atoms with E-state index in [4.69, 9.17) is 4.74 Å². The molecule has 3 N–H and O–H groups in total. The highest BCUT2D eigenvalue weighted by Gasteiger charge is 2.45. The van der Waals surface area contributed by atoms with Gasteiger partial charge in [0.2, 0.25) is 0 Å². The molecule has 0 aromatic heterocycles. The molecule has 144 valence electrons. The van der Waals surface area contributed by atoms with Crippen LogP contribution in [0.15, 0.2) is 18.2 Å². The Balaban J connectivity index is 0.00000312. The van der Waals surface area contributed by atoms with E-state index in [1.807, 2.05) is 20.8 Å². The Bertz CT molecular complexity index is 561. The number of hydrogen-bond acceptors (Lipinski definition) is 5. The average molecular weight is 381 g/mol. The number of nitrogens with zero attached hydrogens (tertiary/aromatic N) is 1. The van der Waals surface area contributed by atoms with E-state index >= 15 is 0 Å². The molecule has 0 amide bonds. The Kier molecular flexibility index (Phi) is 7.43. The van der Waals surface area contributed by atoms with Gasteiger partial charge in [-0.3, -0.25) is 4.90 Å². The number of alkyl halides is 2. The van der Waals surface area contributed by atoms with Crippen molar-refractivity contribution in [1.82, 2.24) is 10.2 Å². The second kappa shape index (κ2) is 8.49. The molecule has 1 heterocycles. The number of nitrogens with one attached hydrogen (secondary N) is 1. The van der Waals surface area contributed by atoms with Crippen LogP contribution >= 0.6 is 12.4 Å². The number of benzene rings is 1. The quantitative estimate of drug-likeness (QED) is 0.732. The van der Waals surface area contributed by atoms with Gasteiger partial charge in [0.1, 0.15) is 29.7 Å². The molecule has 1 aliphatic rings. The third kappa shape index (κ3) is 5.67. The summed E-state index contributed by atoms with van der Waals surface area (Å²) in [5.41, 5.74) is -0.421. The van der Waals surface area contributed by atoms with E-state index in [0.717, 1.165) is 0 Å². The molecule has 0 saturated carbocycles. The van der Waals surface area contributed by atoms with E-state index in [2.05, 4.69) is 5.32 Å². The Morgan fingerprint density at radius 2 is 1.84 bits per heavy atom. The van der Waals surface area contributed by atoms with Crippen LogP contribution in [0.2, 0.25) is 0 Å². The van der Waals surface area contributed by atoms with Crippen molar-refractivity contribution >= 4 is 12.4 Å². The minimum Gasteiger partial charge on any atom is -0.508 e. The first-order chi connectivity index (χ1) is 11.1. The number of hydrogen-bond donors (Lipinski definition) is 3. The van der Waals surface area contributed by atoms with Gasteiger partial charge in [-0.1, -0.05) is 0 Å². The molecule has 1 aromatic rings. The number of rotatable bonds is 5. The molecule has 25 heavy (non-hydrogen) atoms. The standard InChI is InChI=1S/C17H26F2N2O3.ClH/c1-16(2,3)24-12-4-5-14(23)13(10-12)15(17(18,19)11-22)21-8-6-20-7-9-21;/h4-5,10,15,20,22-23H,6-9,11H2,1-3H3;1H/t15-;/m0./s1. The van der Waals surface area contributed by atoms with Crippen molar-refractivity contribution in [3.63, 3.8) is 0 Å². The normalized spacial score (nSPS) is 17.7. The smallest absolute Gasteiger partial charge is 0.290 e. The van der Waals surface area contributed by atoms with Crippen molar-refractivity contribution in [2.75, 3.05) is 32.8 Å². The molecule has 1 fully saturated rings. The van der Waals surface area contributed by atoms with Gasteiger partial charge in [0, 0.05) is 31.7 Å². The van der Waals surface area contributed by atoms with Gasteiger partial charge in [0.25, 0.3) is 5.92 Å². The van der Waals surface area contributed by atoms with Crippen LogP contribution in [0, 0.1) is 0 Å². The number of phenolic OH excluding ortho intramolecular Hbond substituents is 1. The Morgan fingerprint density at radius 3 is 2.36 bits per heavy atom. The fourth-order valence-corrected chi connectivity index (χ4v) is 2.89. The highest BCUT2D eigenvalue weighted by atomic mass is 35.5. The van der Waals surface area contributed by atoms with Crippen molar-refractivity contribution < 1.29 is 23.7 Å². The predicted octanol–water partition coefficient (Wildman–Crippen LogP) is 2.57.